The lowest BCUT2D eigenvalue weighted by Gasteiger charge is -2.19. The van der Waals surface area contributed by atoms with Gasteiger partial charge < -0.3 is 8.92 Å². The first kappa shape index (κ1) is 14.9. The van der Waals surface area contributed by atoms with E-state index in [1.54, 1.807) is 12.1 Å². The van der Waals surface area contributed by atoms with Gasteiger partial charge in [0, 0.05) is 0 Å². The average molecular weight is 310 g/mol. The molecule has 0 bridgehead atoms. The Morgan fingerprint density at radius 1 is 1.24 bits per heavy atom. The van der Waals surface area contributed by atoms with Crippen LogP contribution in [-0.2, 0) is 14.9 Å². The second-order valence-electron chi connectivity index (χ2n) is 6.10. The first-order valence-electron chi connectivity index (χ1n) is 7.68. The van der Waals surface area contributed by atoms with Gasteiger partial charge in [-0.3, -0.25) is 0 Å². The summed E-state index contributed by atoms with van der Waals surface area (Å²) in [6.45, 7) is 4.29. The molecule has 0 amide bonds. The third-order valence-electron chi connectivity index (χ3n) is 4.64. The van der Waals surface area contributed by atoms with Crippen LogP contribution in [0.2, 0.25) is 0 Å². The monoisotopic (exact) mass is 310 g/mol. The van der Waals surface area contributed by atoms with Gasteiger partial charge in [0.1, 0.15) is 5.75 Å². The molecule has 4 unspecified atom stereocenters. The van der Waals surface area contributed by atoms with Crippen LogP contribution in [0, 0.1) is 0 Å². The summed E-state index contributed by atoms with van der Waals surface area (Å²) in [6, 6.07) is 7.39. The smallest absolute Gasteiger partial charge is 0.312 e. The van der Waals surface area contributed by atoms with Crippen molar-refractivity contribution in [3.8, 4) is 5.75 Å². The minimum atomic E-state index is -3.56. The predicted molar refractivity (Wildman–Crippen MR) is 81.0 cm³/mol. The highest BCUT2D eigenvalue weighted by Crippen LogP contribution is 2.39. The van der Waals surface area contributed by atoms with Gasteiger partial charge in [0.05, 0.1) is 17.5 Å². The van der Waals surface area contributed by atoms with E-state index in [0.717, 1.165) is 12.8 Å². The fraction of sp³-hybridized carbons (Fsp3) is 0.625. The minimum Gasteiger partial charge on any atom is -0.382 e. The van der Waals surface area contributed by atoms with Gasteiger partial charge in [-0.25, -0.2) is 0 Å². The van der Waals surface area contributed by atoms with Gasteiger partial charge >= 0.3 is 10.1 Å². The first-order chi connectivity index (χ1) is 9.99. The second-order valence-corrected chi connectivity index (χ2v) is 7.92. The molecule has 5 heteroatoms. The van der Waals surface area contributed by atoms with Gasteiger partial charge in [-0.05, 0) is 49.3 Å². The lowest BCUT2D eigenvalue weighted by atomic mass is 9.99. The molecule has 1 aromatic rings. The second kappa shape index (κ2) is 5.61. The Kier molecular flexibility index (Phi) is 3.97. The molecule has 4 atom stereocenters. The van der Waals surface area contributed by atoms with Crippen LogP contribution in [0.1, 0.15) is 51.0 Å². The maximum Gasteiger partial charge on any atom is 0.312 e. The van der Waals surface area contributed by atoms with E-state index in [1.807, 2.05) is 12.1 Å². The summed E-state index contributed by atoms with van der Waals surface area (Å²) in [6.07, 6.45) is 3.52. The van der Waals surface area contributed by atoms with E-state index in [-0.39, 0.29) is 6.10 Å². The molecule has 1 aromatic carbocycles. The highest BCUT2D eigenvalue weighted by atomic mass is 32.2. The van der Waals surface area contributed by atoms with Crippen LogP contribution in [0.3, 0.4) is 0 Å². The Bertz CT molecular complexity index is 593. The molecule has 2 fully saturated rings. The van der Waals surface area contributed by atoms with E-state index in [4.69, 9.17) is 8.92 Å². The molecule has 1 heterocycles. The van der Waals surface area contributed by atoms with Crippen LogP contribution in [0.15, 0.2) is 24.3 Å². The fourth-order valence-corrected chi connectivity index (χ4v) is 4.29. The molecule has 0 aromatic heterocycles. The molecule has 2 aliphatic rings. The zero-order valence-electron chi connectivity index (χ0n) is 12.5. The fourth-order valence-electron chi connectivity index (χ4n) is 2.92. The van der Waals surface area contributed by atoms with Crippen molar-refractivity contribution in [2.75, 3.05) is 0 Å². The number of ether oxygens (including phenoxy) is 1. The Morgan fingerprint density at radius 2 is 1.95 bits per heavy atom. The van der Waals surface area contributed by atoms with Crippen molar-refractivity contribution in [3.63, 3.8) is 0 Å². The molecule has 116 valence electrons. The largest absolute Gasteiger partial charge is 0.382 e. The van der Waals surface area contributed by atoms with Crippen LogP contribution in [0.25, 0.3) is 0 Å². The summed E-state index contributed by atoms with van der Waals surface area (Å²) in [4.78, 5) is 0. The summed E-state index contributed by atoms with van der Waals surface area (Å²) in [5, 5.41) is -0.435. The molecular weight excluding hydrogens is 288 g/mol. The number of hydrogen-bond acceptors (Lipinski definition) is 4. The summed E-state index contributed by atoms with van der Waals surface area (Å²) in [5.74, 6) is 0.874. The highest BCUT2D eigenvalue weighted by molar-refractivity contribution is 7.87. The number of hydrogen-bond donors (Lipinski definition) is 0. The molecule has 0 spiro atoms. The lowest BCUT2D eigenvalue weighted by molar-refractivity contribution is 0.372. The van der Waals surface area contributed by atoms with Gasteiger partial charge in [-0.2, -0.15) is 8.42 Å². The highest BCUT2D eigenvalue weighted by Gasteiger charge is 2.48. The Balaban J connectivity index is 1.67. The summed E-state index contributed by atoms with van der Waals surface area (Å²) < 4.78 is 35.3. The van der Waals surface area contributed by atoms with Gasteiger partial charge in [-0.1, -0.05) is 26.0 Å². The van der Waals surface area contributed by atoms with Gasteiger partial charge in [0.25, 0.3) is 0 Å². The molecule has 1 aliphatic heterocycles. The van der Waals surface area contributed by atoms with Gasteiger partial charge in [-0.15, -0.1) is 0 Å². The molecular formula is C16H22O4S. The van der Waals surface area contributed by atoms with E-state index in [9.17, 15) is 8.42 Å². The third kappa shape index (κ3) is 3.24. The molecule has 3 rings (SSSR count). The Hall–Kier alpha value is -1.07. The van der Waals surface area contributed by atoms with Crippen LogP contribution in [0.5, 0.6) is 5.75 Å². The van der Waals surface area contributed by atoms with E-state index in [2.05, 4.69) is 13.8 Å². The zero-order chi connectivity index (χ0) is 15.0. The van der Waals surface area contributed by atoms with Crippen LogP contribution in [0.4, 0.5) is 0 Å². The summed E-state index contributed by atoms with van der Waals surface area (Å²) in [5.41, 5.74) is 1.20. The number of rotatable bonds is 5. The Labute approximate surface area is 126 Å². The predicted octanol–water partition coefficient (Wildman–Crippen LogP) is 3.23. The standard InChI is InChI=1S/C16H22O4S/c1-3-11(2)12-4-6-13(7-5-12)20-21(17,18)14-8-9-15-16(10-14)19-15/h4-7,11,14-16H,3,8-10H2,1-2H3. The van der Waals surface area contributed by atoms with Crippen molar-refractivity contribution in [2.45, 2.75) is 62.9 Å². The van der Waals surface area contributed by atoms with Crippen molar-refractivity contribution in [2.24, 2.45) is 0 Å². The zero-order valence-corrected chi connectivity index (χ0v) is 13.3. The minimum absolute atomic E-state index is 0.134. The maximum atomic E-state index is 12.3. The van der Waals surface area contributed by atoms with Crippen molar-refractivity contribution in [3.05, 3.63) is 29.8 Å². The van der Waals surface area contributed by atoms with E-state index < -0.39 is 15.4 Å². The lowest BCUT2D eigenvalue weighted by Crippen LogP contribution is -2.30. The Morgan fingerprint density at radius 3 is 2.57 bits per heavy atom. The van der Waals surface area contributed by atoms with E-state index in [1.165, 1.54) is 5.56 Å². The molecule has 1 saturated carbocycles. The summed E-state index contributed by atoms with van der Waals surface area (Å²) >= 11 is 0. The van der Waals surface area contributed by atoms with Gasteiger partial charge in [0.2, 0.25) is 0 Å². The molecule has 0 radical (unpaired) electrons. The van der Waals surface area contributed by atoms with E-state index in [0.29, 0.717) is 30.6 Å². The van der Waals surface area contributed by atoms with Crippen molar-refractivity contribution >= 4 is 10.1 Å². The van der Waals surface area contributed by atoms with Crippen LogP contribution >= 0.6 is 0 Å². The van der Waals surface area contributed by atoms with Crippen LogP contribution in [-0.4, -0.2) is 25.9 Å². The molecule has 21 heavy (non-hydrogen) atoms. The van der Waals surface area contributed by atoms with Crippen molar-refractivity contribution in [1.29, 1.82) is 0 Å². The molecule has 1 saturated heterocycles. The van der Waals surface area contributed by atoms with Crippen molar-refractivity contribution < 1.29 is 17.3 Å². The number of fused-ring (bicyclic) bond motifs is 1. The molecule has 1 aliphatic carbocycles. The summed E-state index contributed by atoms with van der Waals surface area (Å²) in [7, 11) is -3.56. The van der Waals surface area contributed by atoms with E-state index >= 15 is 0 Å². The maximum absolute atomic E-state index is 12.3. The van der Waals surface area contributed by atoms with Gasteiger partial charge in [0.15, 0.2) is 0 Å². The quantitative estimate of drug-likeness (QED) is 0.619. The average Bonchev–Trinajstić information content (AvgIpc) is 3.25. The first-order valence-corrected chi connectivity index (χ1v) is 9.15. The SMILES string of the molecule is CCC(C)c1ccc(OS(=O)(=O)C2CCC3OC3C2)cc1. The molecule has 0 N–H and O–H groups in total. The third-order valence-corrected chi connectivity index (χ3v) is 6.31. The van der Waals surface area contributed by atoms with Crippen molar-refractivity contribution in [1.82, 2.24) is 0 Å². The topological polar surface area (TPSA) is 55.9 Å². The number of epoxide rings is 1. The van der Waals surface area contributed by atoms with Crippen LogP contribution < -0.4 is 4.18 Å². The normalized spacial score (nSPS) is 29.5. The molecule has 4 nitrogen and oxygen atoms in total. The number of benzene rings is 1.